The fourth-order valence-corrected chi connectivity index (χ4v) is 5.06. The predicted molar refractivity (Wildman–Crippen MR) is 87.2 cm³/mol. The first kappa shape index (κ1) is 16.2. The smallest absolute Gasteiger partial charge is 0.272 e. The maximum Gasteiger partial charge on any atom is 0.272 e. The average molecular weight is 338 g/mol. The Bertz CT molecular complexity index is 686. The molecule has 0 aliphatic carbocycles. The van der Waals surface area contributed by atoms with E-state index in [1.54, 1.807) is 6.07 Å². The first-order valence-corrected chi connectivity index (χ1v) is 9.90. The van der Waals surface area contributed by atoms with Gasteiger partial charge in [-0.05, 0) is 26.2 Å². The van der Waals surface area contributed by atoms with Crippen molar-refractivity contribution in [2.75, 3.05) is 36.0 Å². The molecule has 2 aliphatic heterocycles. The third kappa shape index (κ3) is 3.46. The van der Waals surface area contributed by atoms with Gasteiger partial charge < -0.3 is 9.80 Å². The van der Waals surface area contributed by atoms with Crippen LogP contribution >= 0.6 is 0 Å². The number of anilines is 1. The van der Waals surface area contributed by atoms with Gasteiger partial charge in [0.05, 0.1) is 11.5 Å². The lowest BCUT2D eigenvalue weighted by Gasteiger charge is -2.28. The minimum atomic E-state index is -2.96. The van der Waals surface area contributed by atoms with Gasteiger partial charge in [-0.15, -0.1) is 0 Å². The second-order valence-electron chi connectivity index (χ2n) is 6.10. The topological polar surface area (TPSA) is 83.5 Å². The highest BCUT2D eigenvalue weighted by molar-refractivity contribution is 7.91. The Morgan fingerprint density at radius 1 is 1.35 bits per heavy atom. The molecular formula is C15H22N4O3S. The Hall–Kier alpha value is -1.70. The minimum absolute atomic E-state index is 0.0683. The second-order valence-corrected chi connectivity index (χ2v) is 8.33. The summed E-state index contributed by atoms with van der Waals surface area (Å²) in [5.41, 5.74) is 0.385. The number of hydrogen-bond acceptors (Lipinski definition) is 6. The van der Waals surface area contributed by atoms with Crippen LogP contribution in [-0.2, 0) is 9.84 Å². The van der Waals surface area contributed by atoms with Crippen LogP contribution in [0.4, 0.5) is 5.82 Å². The molecule has 2 saturated heterocycles. The van der Waals surface area contributed by atoms with Crippen molar-refractivity contribution < 1.29 is 13.2 Å². The molecule has 1 aromatic rings. The number of hydrogen-bond donors (Lipinski definition) is 0. The Morgan fingerprint density at radius 3 is 2.70 bits per heavy atom. The van der Waals surface area contributed by atoms with Crippen molar-refractivity contribution in [3.05, 3.63) is 18.1 Å². The number of rotatable bonds is 4. The van der Waals surface area contributed by atoms with Crippen molar-refractivity contribution in [2.24, 2.45) is 0 Å². The normalized spacial score (nSPS) is 23.2. The molecule has 1 amide bonds. The van der Waals surface area contributed by atoms with E-state index in [2.05, 4.69) is 9.97 Å². The van der Waals surface area contributed by atoms with Crippen LogP contribution in [0.15, 0.2) is 12.4 Å². The third-order valence-corrected chi connectivity index (χ3v) is 6.30. The molecule has 1 unspecified atom stereocenters. The van der Waals surface area contributed by atoms with Crippen LogP contribution in [0.25, 0.3) is 0 Å². The Labute approximate surface area is 136 Å². The summed E-state index contributed by atoms with van der Waals surface area (Å²) in [5.74, 6) is 0.937. The van der Waals surface area contributed by atoms with Crippen molar-refractivity contribution in [2.45, 2.75) is 32.2 Å². The van der Waals surface area contributed by atoms with Gasteiger partial charge in [-0.1, -0.05) is 0 Å². The zero-order chi connectivity index (χ0) is 16.4. The van der Waals surface area contributed by atoms with Crippen LogP contribution < -0.4 is 4.90 Å². The summed E-state index contributed by atoms with van der Waals surface area (Å²) in [6, 6.07) is 1.62. The number of likely N-dealkylation sites (tertiary alicyclic amines) is 1. The molecule has 23 heavy (non-hydrogen) atoms. The largest absolute Gasteiger partial charge is 0.353 e. The zero-order valence-corrected chi connectivity index (χ0v) is 14.1. The maximum atomic E-state index is 12.5. The van der Waals surface area contributed by atoms with E-state index in [4.69, 9.17) is 0 Å². The van der Waals surface area contributed by atoms with E-state index in [0.717, 1.165) is 25.9 Å². The molecule has 1 atom stereocenters. The van der Waals surface area contributed by atoms with E-state index in [-0.39, 0.29) is 23.5 Å². The molecule has 0 radical (unpaired) electrons. The van der Waals surface area contributed by atoms with Gasteiger partial charge in [-0.25, -0.2) is 18.4 Å². The van der Waals surface area contributed by atoms with E-state index >= 15 is 0 Å². The van der Waals surface area contributed by atoms with Crippen LogP contribution in [0.2, 0.25) is 0 Å². The number of sulfone groups is 1. The van der Waals surface area contributed by atoms with E-state index in [1.165, 1.54) is 6.33 Å². The number of nitrogens with zero attached hydrogens (tertiary/aromatic N) is 4. The predicted octanol–water partition coefficient (Wildman–Crippen LogP) is 0.726. The number of carbonyl (C=O) groups is 1. The van der Waals surface area contributed by atoms with Crippen molar-refractivity contribution >= 4 is 21.6 Å². The van der Waals surface area contributed by atoms with E-state index in [0.29, 0.717) is 24.5 Å². The summed E-state index contributed by atoms with van der Waals surface area (Å²) in [5, 5.41) is 0. The molecule has 0 bridgehead atoms. The van der Waals surface area contributed by atoms with Crippen LogP contribution in [0, 0.1) is 0 Å². The van der Waals surface area contributed by atoms with Crippen molar-refractivity contribution in [1.82, 2.24) is 14.9 Å². The standard InChI is InChI=1S/C15H22N4O3S/c1-2-19(12-5-8-23(21,22)10-12)14-9-13(16-11-17-14)15(20)18-6-3-4-7-18/h9,11-12H,2-8,10H2,1H3. The molecule has 2 aliphatic rings. The molecule has 126 valence electrons. The third-order valence-electron chi connectivity index (χ3n) is 4.55. The zero-order valence-electron chi connectivity index (χ0n) is 13.3. The van der Waals surface area contributed by atoms with Crippen molar-refractivity contribution in [1.29, 1.82) is 0 Å². The second kappa shape index (κ2) is 6.43. The van der Waals surface area contributed by atoms with Crippen LogP contribution in [0.1, 0.15) is 36.7 Å². The van der Waals surface area contributed by atoms with Gasteiger partial charge in [-0.3, -0.25) is 4.79 Å². The Balaban J connectivity index is 1.81. The van der Waals surface area contributed by atoms with Crippen molar-refractivity contribution in [3.63, 3.8) is 0 Å². The first-order valence-electron chi connectivity index (χ1n) is 8.08. The lowest BCUT2D eigenvalue weighted by molar-refractivity contribution is 0.0787. The quantitative estimate of drug-likeness (QED) is 0.805. The molecule has 2 fully saturated rings. The molecule has 0 spiro atoms. The van der Waals surface area contributed by atoms with Gasteiger partial charge in [-0.2, -0.15) is 0 Å². The summed E-state index contributed by atoms with van der Waals surface area (Å²) in [6.45, 7) is 4.16. The van der Waals surface area contributed by atoms with Crippen LogP contribution in [0.5, 0.6) is 0 Å². The van der Waals surface area contributed by atoms with Crippen molar-refractivity contribution in [3.8, 4) is 0 Å². The summed E-state index contributed by atoms with van der Waals surface area (Å²) in [4.78, 5) is 24.6. The molecule has 3 heterocycles. The highest BCUT2D eigenvalue weighted by Gasteiger charge is 2.32. The van der Waals surface area contributed by atoms with E-state index in [1.807, 2.05) is 16.7 Å². The number of amides is 1. The van der Waals surface area contributed by atoms with Gasteiger partial charge >= 0.3 is 0 Å². The fourth-order valence-electron chi connectivity index (χ4n) is 3.33. The van der Waals surface area contributed by atoms with E-state index in [9.17, 15) is 13.2 Å². The molecule has 0 N–H and O–H groups in total. The molecule has 7 nitrogen and oxygen atoms in total. The fraction of sp³-hybridized carbons (Fsp3) is 0.667. The Kier molecular flexibility index (Phi) is 4.52. The van der Waals surface area contributed by atoms with Gasteiger partial charge in [0.15, 0.2) is 9.84 Å². The summed E-state index contributed by atoms with van der Waals surface area (Å²) < 4.78 is 23.4. The van der Waals surface area contributed by atoms with Gasteiger partial charge in [0.1, 0.15) is 17.8 Å². The molecular weight excluding hydrogens is 316 g/mol. The summed E-state index contributed by atoms with van der Waals surface area (Å²) >= 11 is 0. The molecule has 3 rings (SSSR count). The molecule has 8 heteroatoms. The lowest BCUT2D eigenvalue weighted by atomic mass is 10.2. The van der Waals surface area contributed by atoms with Gasteiger partial charge in [0, 0.05) is 31.7 Å². The average Bonchev–Trinajstić information content (AvgIpc) is 3.17. The van der Waals surface area contributed by atoms with Gasteiger partial charge in [0.2, 0.25) is 0 Å². The molecule has 1 aromatic heterocycles. The van der Waals surface area contributed by atoms with Crippen LogP contribution in [-0.4, -0.2) is 66.4 Å². The maximum absolute atomic E-state index is 12.5. The van der Waals surface area contributed by atoms with E-state index < -0.39 is 9.84 Å². The molecule has 0 aromatic carbocycles. The number of aromatic nitrogens is 2. The van der Waals surface area contributed by atoms with Crippen LogP contribution in [0.3, 0.4) is 0 Å². The highest BCUT2D eigenvalue weighted by atomic mass is 32.2. The monoisotopic (exact) mass is 338 g/mol. The SMILES string of the molecule is CCN(c1cc(C(=O)N2CCCC2)ncn1)C1CCS(=O)(=O)C1. The molecule has 0 saturated carbocycles. The summed E-state index contributed by atoms with van der Waals surface area (Å²) in [6.07, 6.45) is 4.07. The lowest BCUT2D eigenvalue weighted by Crippen LogP contribution is -2.37. The van der Waals surface area contributed by atoms with Gasteiger partial charge in [0.25, 0.3) is 5.91 Å². The Morgan fingerprint density at radius 2 is 2.09 bits per heavy atom. The first-order chi connectivity index (χ1) is 11.0. The number of carbonyl (C=O) groups excluding carboxylic acids is 1. The summed E-state index contributed by atoms with van der Waals surface area (Å²) in [7, 11) is -2.96. The minimum Gasteiger partial charge on any atom is -0.353 e. The highest BCUT2D eigenvalue weighted by Crippen LogP contribution is 2.23.